The van der Waals surface area contributed by atoms with Gasteiger partial charge in [0.05, 0.1) is 22.3 Å². The predicted molar refractivity (Wildman–Crippen MR) is 195 cm³/mol. The van der Waals surface area contributed by atoms with Gasteiger partial charge in [0, 0.05) is 50.5 Å². The van der Waals surface area contributed by atoms with E-state index in [1.807, 2.05) is 30.3 Å². The van der Waals surface area contributed by atoms with Crippen LogP contribution in [0, 0.1) is 17.2 Å². The molecule has 4 heterocycles. The number of piperidine rings is 1. The Hall–Kier alpha value is -4.74. The SMILES string of the molecule is CC(C)N1CCC(CCNCc2cccc(-c3cc(-c4ccncc4)c(Oc4ccc(S(=O)(=O)Nc5ncns5)cc4C#N)cn3)c2)CC1.[HH].[HH]. The zero-order chi connectivity index (χ0) is 34.2. The lowest BCUT2D eigenvalue weighted by molar-refractivity contribution is 0.145. The highest BCUT2D eigenvalue weighted by Gasteiger charge is 2.21. The lowest BCUT2D eigenvalue weighted by Crippen LogP contribution is -2.38. The van der Waals surface area contributed by atoms with Gasteiger partial charge in [0.15, 0.2) is 5.75 Å². The molecule has 6 rings (SSSR count). The van der Waals surface area contributed by atoms with Crippen molar-refractivity contribution < 1.29 is 16.0 Å². The largest absolute Gasteiger partial charge is 0.454 e. The van der Waals surface area contributed by atoms with Gasteiger partial charge >= 0.3 is 0 Å². The molecule has 0 spiro atoms. The molecule has 1 saturated heterocycles. The Morgan fingerprint density at radius 1 is 1.04 bits per heavy atom. The second kappa shape index (κ2) is 15.7. The van der Waals surface area contributed by atoms with Gasteiger partial charge < -0.3 is 15.0 Å². The molecule has 2 aromatic carbocycles. The molecule has 11 nitrogen and oxygen atoms in total. The Morgan fingerprint density at radius 3 is 2.59 bits per heavy atom. The number of benzene rings is 2. The summed E-state index contributed by atoms with van der Waals surface area (Å²) in [6.07, 6.45) is 10.0. The van der Waals surface area contributed by atoms with Crippen molar-refractivity contribution in [2.24, 2.45) is 5.92 Å². The zero-order valence-electron chi connectivity index (χ0n) is 27.4. The van der Waals surface area contributed by atoms with E-state index < -0.39 is 10.0 Å². The Balaban J connectivity index is 0.00000292. The molecule has 2 N–H and O–H groups in total. The molecule has 0 unspecified atom stereocenters. The molecule has 13 heteroatoms. The highest BCUT2D eigenvalue weighted by Crippen LogP contribution is 2.37. The van der Waals surface area contributed by atoms with Crippen LogP contribution in [0.25, 0.3) is 22.4 Å². The minimum atomic E-state index is -3.99. The summed E-state index contributed by atoms with van der Waals surface area (Å²) in [7, 11) is -3.99. The summed E-state index contributed by atoms with van der Waals surface area (Å²) in [5.41, 5.74) is 4.56. The lowest BCUT2D eigenvalue weighted by atomic mass is 9.93. The van der Waals surface area contributed by atoms with Gasteiger partial charge in [0.25, 0.3) is 10.0 Å². The van der Waals surface area contributed by atoms with E-state index in [0.717, 1.165) is 52.9 Å². The maximum atomic E-state index is 12.9. The molecule has 1 aliphatic heterocycles. The molecule has 1 aliphatic rings. The Bertz CT molecular complexity index is 2020. The van der Waals surface area contributed by atoms with Crippen LogP contribution in [0.15, 0.2) is 90.5 Å². The lowest BCUT2D eigenvalue weighted by Gasteiger charge is -2.34. The number of ether oxygens (including phenoxy) is 1. The third kappa shape index (κ3) is 8.65. The summed E-state index contributed by atoms with van der Waals surface area (Å²) < 4.78 is 38.2. The van der Waals surface area contributed by atoms with Crippen molar-refractivity contribution in [1.82, 2.24) is 29.5 Å². The fraction of sp³-hybridized carbons (Fsp3) is 0.306. The van der Waals surface area contributed by atoms with Crippen LogP contribution in [0.1, 0.15) is 47.1 Å². The number of anilines is 1. The summed E-state index contributed by atoms with van der Waals surface area (Å²) in [4.78, 5) is 15.2. The molecular formula is C36H42N8O3S2. The Labute approximate surface area is 294 Å². The average molecular weight is 699 g/mol. The third-order valence-corrected chi connectivity index (χ3v) is 10.7. The first-order chi connectivity index (χ1) is 23.8. The van der Waals surface area contributed by atoms with Gasteiger partial charge in [-0.05, 0) is 112 Å². The number of nitrogens with zero attached hydrogens (tertiary/aromatic N) is 6. The van der Waals surface area contributed by atoms with Crippen molar-refractivity contribution in [2.45, 2.75) is 50.6 Å². The van der Waals surface area contributed by atoms with Gasteiger partial charge in [-0.25, -0.2) is 13.4 Å². The van der Waals surface area contributed by atoms with Gasteiger partial charge in [-0.1, -0.05) is 18.2 Å². The van der Waals surface area contributed by atoms with Crippen molar-refractivity contribution in [3.05, 3.63) is 96.7 Å². The molecule has 0 bridgehead atoms. The standard InChI is InChI=1S/C36H38N8O3S2.2H2/c1-25(2)44-16-11-26(12-17-44)8-13-39-22-27-4-3-5-29(18-27)33-20-32(28-9-14-38-15-10-28)35(23-40-33)47-34-7-6-31(19-30(34)21-37)49(45,46)43-36-41-24-42-48-36;;/h3-7,9-10,14-15,18-20,23-26,39H,8,11-13,16-17,22H2,1-2H3,(H,41,42,43);2*1H. The molecule has 0 atom stereocenters. The Morgan fingerprint density at radius 2 is 1.86 bits per heavy atom. The number of nitrogens with one attached hydrogen (secondary N) is 2. The van der Waals surface area contributed by atoms with E-state index >= 15 is 0 Å². The number of pyridine rings is 2. The minimum Gasteiger partial charge on any atom is -0.454 e. The van der Waals surface area contributed by atoms with Crippen LogP contribution in [-0.2, 0) is 16.6 Å². The second-order valence-corrected chi connectivity index (χ2v) is 14.7. The van der Waals surface area contributed by atoms with Crippen LogP contribution >= 0.6 is 11.5 Å². The fourth-order valence-corrected chi connectivity index (χ4v) is 7.63. The monoisotopic (exact) mass is 698 g/mol. The molecule has 1 fully saturated rings. The molecular weight excluding hydrogens is 657 g/mol. The van der Waals surface area contributed by atoms with Gasteiger partial charge in [0.1, 0.15) is 18.1 Å². The van der Waals surface area contributed by atoms with Gasteiger partial charge in [-0.3, -0.25) is 14.7 Å². The molecule has 0 aliphatic carbocycles. The van der Waals surface area contributed by atoms with E-state index in [4.69, 9.17) is 9.72 Å². The topological polar surface area (TPSA) is 146 Å². The molecule has 0 amide bonds. The first kappa shape index (κ1) is 34.1. The van der Waals surface area contributed by atoms with Crippen LogP contribution in [0.3, 0.4) is 0 Å². The smallest absolute Gasteiger partial charge is 0.263 e. The van der Waals surface area contributed by atoms with E-state index in [0.29, 0.717) is 11.8 Å². The number of hydrogen-bond donors (Lipinski definition) is 2. The van der Waals surface area contributed by atoms with Crippen LogP contribution in [0.2, 0.25) is 0 Å². The fourth-order valence-electron chi connectivity index (χ4n) is 5.94. The van der Waals surface area contributed by atoms with Crippen LogP contribution < -0.4 is 14.8 Å². The van der Waals surface area contributed by atoms with Crippen LogP contribution in [0.5, 0.6) is 11.5 Å². The number of sulfonamides is 1. The molecule has 0 saturated carbocycles. The first-order valence-corrected chi connectivity index (χ1v) is 18.5. The van der Waals surface area contributed by atoms with Crippen molar-refractivity contribution in [2.75, 3.05) is 24.4 Å². The molecule has 256 valence electrons. The summed E-state index contributed by atoms with van der Waals surface area (Å²) >= 11 is 0.912. The van der Waals surface area contributed by atoms with E-state index in [-0.39, 0.29) is 24.2 Å². The minimum absolute atomic E-state index is 0. The van der Waals surface area contributed by atoms with E-state index in [1.54, 1.807) is 18.6 Å². The maximum absolute atomic E-state index is 12.9. The number of nitriles is 1. The zero-order valence-corrected chi connectivity index (χ0v) is 29.0. The number of likely N-dealkylation sites (tertiary alicyclic amines) is 1. The van der Waals surface area contributed by atoms with Gasteiger partial charge in [0.2, 0.25) is 5.13 Å². The predicted octanol–water partition coefficient (Wildman–Crippen LogP) is 7.22. The highest BCUT2D eigenvalue weighted by atomic mass is 32.2. The number of rotatable bonds is 13. The first-order valence-electron chi connectivity index (χ1n) is 16.2. The van der Waals surface area contributed by atoms with Crippen molar-refractivity contribution in [1.29, 1.82) is 5.26 Å². The molecule has 0 radical (unpaired) electrons. The van der Waals surface area contributed by atoms with Gasteiger partial charge in [-0.2, -0.15) is 9.64 Å². The summed E-state index contributed by atoms with van der Waals surface area (Å²) in [5.74, 6) is 1.39. The third-order valence-electron chi connectivity index (χ3n) is 8.70. The summed E-state index contributed by atoms with van der Waals surface area (Å²) in [5, 5.41) is 13.7. The maximum Gasteiger partial charge on any atom is 0.263 e. The highest BCUT2D eigenvalue weighted by molar-refractivity contribution is 7.93. The summed E-state index contributed by atoms with van der Waals surface area (Å²) in [6.45, 7) is 8.72. The number of aromatic nitrogens is 4. The average Bonchev–Trinajstić information content (AvgIpc) is 3.63. The van der Waals surface area contributed by atoms with E-state index in [9.17, 15) is 13.7 Å². The van der Waals surface area contributed by atoms with Crippen LogP contribution in [0.4, 0.5) is 5.13 Å². The van der Waals surface area contributed by atoms with Crippen molar-refractivity contribution in [3.63, 3.8) is 0 Å². The number of hydrogen-bond acceptors (Lipinski definition) is 11. The van der Waals surface area contributed by atoms with Gasteiger partial charge in [-0.15, -0.1) is 0 Å². The molecule has 49 heavy (non-hydrogen) atoms. The van der Waals surface area contributed by atoms with Crippen molar-refractivity contribution >= 4 is 26.7 Å². The molecule has 5 aromatic rings. The van der Waals surface area contributed by atoms with E-state index in [2.05, 4.69) is 61.3 Å². The molecule has 3 aromatic heterocycles. The quantitative estimate of drug-likeness (QED) is 0.121. The summed E-state index contributed by atoms with van der Waals surface area (Å²) in [6, 6.07) is 20.8. The normalized spacial score (nSPS) is 14.1. The van der Waals surface area contributed by atoms with Crippen LogP contribution in [-0.4, -0.2) is 58.3 Å². The van der Waals surface area contributed by atoms with Crippen molar-refractivity contribution in [3.8, 4) is 40.0 Å². The van der Waals surface area contributed by atoms with E-state index in [1.165, 1.54) is 62.4 Å². The second-order valence-electron chi connectivity index (χ2n) is 12.3. The Kier molecular flexibility index (Phi) is 10.9.